The van der Waals surface area contributed by atoms with Gasteiger partial charge in [0.25, 0.3) is 0 Å². The van der Waals surface area contributed by atoms with E-state index in [-0.39, 0.29) is 22.1 Å². The van der Waals surface area contributed by atoms with Gasteiger partial charge in [-0.25, -0.2) is 9.97 Å². The van der Waals surface area contributed by atoms with E-state index in [4.69, 9.17) is 10.9 Å². The molecule has 2 rings (SSSR count). The molecule has 4 N–H and O–H groups in total. The molecule has 0 aliphatic carbocycles. The average molecular weight is 280 g/mol. The molecule has 0 spiro atoms. The lowest BCUT2D eigenvalue weighted by Gasteiger charge is -2.02. The molecule has 2 heterocycles. The fourth-order valence-corrected chi connectivity index (χ4v) is 2.01. The van der Waals surface area contributed by atoms with Gasteiger partial charge < -0.3 is 15.9 Å². The lowest BCUT2D eigenvalue weighted by Crippen LogP contribution is -2.14. The quantitative estimate of drug-likeness (QED) is 0.249. The number of amidine groups is 1. The fraction of sp³-hybridized carbons (Fsp3) is 0. The number of nitrogens with zero attached hydrogens (tertiary/aromatic N) is 4. The number of hydrogen-bond donors (Lipinski definition) is 3. The first kappa shape index (κ1) is 12.8. The van der Waals surface area contributed by atoms with E-state index in [0.29, 0.717) is 5.16 Å². The van der Waals surface area contributed by atoms with Gasteiger partial charge in [-0.15, -0.1) is 0 Å². The van der Waals surface area contributed by atoms with Crippen LogP contribution in [0, 0.1) is 10.1 Å². The number of aromatic amines is 1. The molecule has 2 aromatic rings. The van der Waals surface area contributed by atoms with Gasteiger partial charge in [0.05, 0.1) is 4.92 Å². The highest BCUT2D eigenvalue weighted by atomic mass is 32.2. The van der Waals surface area contributed by atoms with Crippen LogP contribution >= 0.6 is 11.8 Å². The summed E-state index contributed by atoms with van der Waals surface area (Å²) in [5, 5.41) is 22.9. The minimum atomic E-state index is -0.591. The first-order chi connectivity index (χ1) is 9.11. The predicted molar refractivity (Wildman–Crippen MR) is 66.1 cm³/mol. The number of H-pyrrole nitrogens is 1. The maximum absolute atomic E-state index is 11.0. The first-order valence-corrected chi connectivity index (χ1v) is 5.73. The lowest BCUT2D eigenvalue weighted by molar-refractivity contribution is -0.388. The molecule has 0 fully saturated rings. The molecule has 10 heteroatoms. The Morgan fingerprint density at radius 3 is 2.95 bits per heavy atom. The van der Waals surface area contributed by atoms with Crippen LogP contribution in [0.3, 0.4) is 0 Å². The van der Waals surface area contributed by atoms with Crippen molar-refractivity contribution in [3.05, 3.63) is 40.3 Å². The summed E-state index contributed by atoms with van der Waals surface area (Å²) in [7, 11) is 0. The van der Waals surface area contributed by atoms with Crippen molar-refractivity contribution < 1.29 is 10.1 Å². The van der Waals surface area contributed by atoms with E-state index >= 15 is 0 Å². The van der Waals surface area contributed by atoms with E-state index in [1.807, 2.05) is 0 Å². The lowest BCUT2D eigenvalue weighted by atomic mass is 10.2. The Morgan fingerprint density at radius 2 is 2.37 bits per heavy atom. The van der Waals surface area contributed by atoms with Crippen LogP contribution in [0.4, 0.5) is 5.69 Å². The van der Waals surface area contributed by atoms with Crippen LogP contribution in [-0.4, -0.2) is 30.9 Å². The van der Waals surface area contributed by atoms with Gasteiger partial charge in [-0.2, -0.15) is 0 Å². The Labute approximate surface area is 110 Å². The van der Waals surface area contributed by atoms with Crippen molar-refractivity contribution in [1.82, 2.24) is 15.0 Å². The molecule has 0 radical (unpaired) electrons. The Kier molecular flexibility index (Phi) is 3.61. The Bertz CT molecular complexity index is 627. The van der Waals surface area contributed by atoms with Gasteiger partial charge in [0.2, 0.25) is 0 Å². The van der Waals surface area contributed by atoms with E-state index in [0.717, 1.165) is 11.8 Å². The topological polar surface area (TPSA) is 143 Å². The van der Waals surface area contributed by atoms with Gasteiger partial charge in [-0.1, -0.05) is 5.16 Å². The van der Waals surface area contributed by atoms with E-state index in [9.17, 15) is 10.1 Å². The molecule has 0 unspecified atom stereocenters. The molecule has 0 amide bonds. The highest BCUT2D eigenvalue weighted by Crippen LogP contribution is 2.31. The second kappa shape index (κ2) is 5.35. The summed E-state index contributed by atoms with van der Waals surface area (Å²) in [6.07, 6.45) is 4.41. The van der Waals surface area contributed by atoms with Crippen LogP contribution in [0.15, 0.2) is 40.0 Å². The maximum atomic E-state index is 11.0. The molecule has 0 atom stereocenters. The third kappa shape index (κ3) is 2.80. The highest BCUT2D eigenvalue weighted by molar-refractivity contribution is 7.99. The summed E-state index contributed by atoms with van der Waals surface area (Å²) in [5.41, 5.74) is 5.28. The molecular formula is C9H8N6O3S. The summed E-state index contributed by atoms with van der Waals surface area (Å²) >= 11 is 1.01. The maximum Gasteiger partial charge on any atom is 0.302 e. The molecule has 0 saturated carbocycles. The summed E-state index contributed by atoms with van der Waals surface area (Å²) in [5.74, 6) is -0.245. The SMILES string of the molecule is N/C(=N/O)c1cnc(Sc2ncc[nH]2)c([N+](=O)[O-])c1. The van der Waals surface area contributed by atoms with Gasteiger partial charge in [-0.05, 0) is 11.8 Å². The summed E-state index contributed by atoms with van der Waals surface area (Å²) in [4.78, 5) is 21.1. The zero-order chi connectivity index (χ0) is 13.8. The van der Waals surface area contributed by atoms with Gasteiger partial charge in [0, 0.05) is 30.2 Å². The molecule has 0 aliphatic heterocycles. The standard InChI is InChI=1S/C9H8N6O3S/c10-7(14-16)5-3-6(15(17)18)8(13-4-5)19-9-11-1-2-12-9/h1-4,16H,(H2,10,14)(H,11,12). The number of aromatic nitrogens is 3. The minimum absolute atomic E-state index is 0.162. The third-order valence-electron chi connectivity index (χ3n) is 2.10. The molecular weight excluding hydrogens is 272 g/mol. The second-order valence-electron chi connectivity index (χ2n) is 3.29. The monoisotopic (exact) mass is 280 g/mol. The molecule has 19 heavy (non-hydrogen) atoms. The van der Waals surface area contributed by atoms with E-state index in [1.54, 1.807) is 6.20 Å². The number of nitro groups is 1. The fourth-order valence-electron chi connectivity index (χ4n) is 1.25. The zero-order valence-corrected chi connectivity index (χ0v) is 10.2. The molecule has 0 saturated heterocycles. The van der Waals surface area contributed by atoms with Crippen molar-refractivity contribution in [3.8, 4) is 0 Å². The minimum Gasteiger partial charge on any atom is -0.409 e. The van der Waals surface area contributed by atoms with Crippen molar-refractivity contribution in [1.29, 1.82) is 0 Å². The highest BCUT2D eigenvalue weighted by Gasteiger charge is 2.19. The van der Waals surface area contributed by atoms with Crippen molar-refractivity contribution in [2.75, 3.05) is 0 Å². The van der Waals surface area contributed by atoms with Crippen LogP contribution in [0.2, 0.25) is 0 Å². The molecule has 0 bridgehead atoms. The third-order valence-corrected chi connectivity index (χ3v) is 3.02. The molecule has 0 aromatic carbocycles. The number of nitrogens with two attached hydrogens (primary N) is 1. The smallest absolute Gasteiger partial charge is 0.302 e. The molecule has 0 aliphatic rings. The van der Waals surface area contributed by atoms with Crippen molar-refractivity contribution in [2.24, 2.45) is 10.9 Å². The van der Waals surface area contributed by atoms with Crippen LogP contribution in [0.1, 0.15) is 5.56 Å². The Morgan fingerprint density at radius 1 is 1.58 bits per heavy atom. The molecule has 9 nitrogen and oxygen atoms in total. The van der Waals surface area contributed by atoms with Gasteiger partial charge in [0.15, 0.2) is 16.0 Å². The largest absolute Gasteiger partial charge is 0.409 e. The second-order valence-corrected chi connectivity index (χ2v) is 4.26. The van der Waals surface area contributed by atoms with Crippen LogP contribution in [0.5, 0.6) is 0 Å². The van der Waals surface area contributed by atoms with E-state index < -0.39 is 4.92 Å². The molecule has 2 aromatic heterocycles. The van der Waals surface area contributed by atoms with Crippen LogP contribution in [0.25, 0.3) is 0 Å². The number of rotatable bonds is 4. The van der Waals surface area contributed by atoms with Crippen LogP contribution in [-0.2, 0) is 0 Å². The average Bonchev–Trinajstić information content (AvgIpc) is 2.91. The summed E-state index contributed by atoms with van der Waals surface area (Å²) in [6, 6.07) is 1.19. The summed E-state index contributed by atoms with van der Waals surface area (Å²) in [6.45, 7) is 0. The van der Waals surface area contributed by atoms with Gasteiger partial charge >= 0.3 is 5.69 Å². The van der Waals surface area contributed by atoms with Crippen molar-refractivity contribution in [2.45, 2.75) is 10.2 Å². The number of imidazole rings is 1. The predicted octanol–water partition coefficient (Wildman–Crippen LogP) is 0.959. The van der Waals surface area contributed by atoms with Crippen molar-refractivity contribution in [3.63, 3.8) is 0 Å². The number of pyridine rings is 1. The number of hydrogen-bond acceptors (Lipinski definition) is 7. The number of nitrogens with one attached hydrogen (secondary N) is 1. The zero-order valence-electron chi connectivity index (χ0n) is 9.35. The Hall–Kier alpha value is -2.62. The summed E-state index contributed by atoms with van der Waals surface area (Å²) < 4.78 is 0. The number of oxime groups is 1. The van der Waals surface area contributed by atoms with Crippen molar-refractivity contribution >= 4 is 23.3 Å². The normalized spacial score (nSPS) is 11.5. The molecule has 98 valence electrons. The van der Waals surface area contributed by atoms with E-state index in [2.05, 4.69) is 20.1 Å². The van der Waals surface area contributed by atoms with E-state index in [1.165, 1.54) is 18.5 Å². The van der Waals surface area contributed by atoms with Gasteiger partial charge in [-0.3, -0.25) is 10.1 Å². The van der Waals surface area contributed by atoms with Gasteiger partial charge in [0.1, 0.15) is 0 Å². The first-order valence-electron chi connectivity index (χ1n) is 4.91. The van der Waals surface area contributed by atoms with Crippen LogP contribution < -0.4 is 5.73 Å². The Balaban J connectivity index is 2.41.